The first-order chi connectivity index (χ1) is 11.6. The third kappa shape index (κ3) is 4.29. The Morgan fingerprint density at radius 3 is 2.33 bits per heavy atom. The summed E-state index contributed by atoms with van der Waals surface area (Å²) in [5.41, 5.74) is 4.56. The molecule has 0 saturated heterocycles. The van der Waals surface area contributed by atoms with Gasteiger partial charge in [-0.1, -0.05) is 42.5 Å². The molecule has 2 aromatic carbocycles. The van der Waals surface area contributed by atoms with Crippen molar-refractivity contribution in [2.45, 2.75) is 12.8 Å². The van der Waals surface area contributed by atoms with Gasteiger partial charge in [0.15, 0.2) is 11.6 Å². The first-order valence-corrected chi connectivity index (χ1v) is 7.82. The van der Waals surface area contributed by atoms with Gasteiger partial charge in [-0.15, -0.1) is 0 Å². The number of hydrogen-bond acceptors (Lipinski definition) is 3. The summed E-state index contributed by atoms with van der Waals surface area (Å²) in [6, 6.07) is 13.5. The Hall–Kier alpha value is -2.94. The molecular weight excluding hydrogens is 300 g/mol. The number of carbonyl (C=O) groups is 2. The fourth-order valence-corrected chi connectivity index (χ4v) is 2.43. The minimum atomic E-state index is -0.215. The van der Waals surface area contributed by atoms with Gasteiger partial charge >= 0.3 is 0 Å². The zero-order valence-corrected chi connectivity index (χ0v) is 13.5. The second-order valence-corrected chi connectivity index (χ2v) is 5.76. The van der Waals surface area contributed by atoms with Crippen LogP contribution in [0.1, 0.15) is 28.7 Å². The summed E-state index contributed by atoms with van der Waals surface area (Å²) in [5.74, 6) is 0.319. The van der Waals surface area contributed by atoms with E-state index in [1.165, 1.54) is 23.3 Å². The van der Waals surface area contributed by atoms with E-state index in [0.717, 1.165) is 23.3 Å². The van der Waals surface area contributed by atoms with Crippen molar-refractivity contribution in [3.63, 3.8) is 0 Å². The van der Waals surface area contributed by atoms with Crippen LogP contribution in [0.4, 0.5) is 0 Å². The molecule has 0 fully saturated rings. The average molecular weight is 318 g/mol. The number of fused-ring (bicyclic) bond motifs is 1. The zero-order chi connectivity index (χ0) is 16.9. The number of ketones is 2. The number of hydrogen-bond donors (Lipinski definition) is 0. The fraction of sp³-hybridized carbons (Fsp3) is 0.143. The van der Waals surface area contributed by atoms with Crippen molar-refractivity contribution in [1.29, 1.82) is 0 Å². The normalized spacial score (nSPS) is 12.4. The van der Waals surface area contributed by atoms with Crippen molar-refractivity contribution >= 4 is 23.7 Å². The van der Waals surface area contributed by atoms with Crippen LogP contribution in [-0.4, -0.2) is 18.7 Å². The number of rotatable bonds is 7. The highest BCUT2D eigenvalue weighted by atomic mass is 16.5. The fourth-order valence-electron chi connectivity index (χ4n) is 2.43. The minimum absolute atomic E-state index is 0.123. The van der Waals surface area contributed by atoms with Crippen molar-refractivity contribution in [2.75, 3.05) is 7.11 Å². The van der Waals surface area contributed by atoms with Crippen LogP contribution in [0.5, 0.6) is 5.75 Å². The predicted molar refractivity (Wildman–Crippen MR) is 94.9 cm³/mol. The van der Waals surface area contributed by atoms with E-state index in [0.29, 0.717) is 0 Å². The van der Waals surface area contributed by atoms with Crippen molar-refractivity contribution in [2.24, 2.45) is 0 Å². The van der Waals surface area contributed by atoms with Gasteiger partial charge in [0, 0.05) is 0 Å². The Morgan fingerprint density at radius 2 is 1.67 bits per heavy atom. The summed E-state index contributed by atoms with van der Waals surface area (Å²) in [4.78, 5) is 23.8. The van der Waals surface area contributed by atoms with E-state index in [9.17, 15) is 9.59 Å². The topological polar surface area (TPSA) is 43.4 Å². The molecule has 0 heterocycles. The number of benzene rings is 2. The Morgan fingerprint density at radius 1 is 0.958 bits per heavy atom. The van der Waals surface area contributed by atoms with Crippen LogP contribution in [-0.2, 0) is 16.0 Å². The second-order valence-electron chi connectivity index (χ2n) is 5.76. The number of carbonyl (C=O) groups excluding carboxylic acids is 2. The molecule has 3 heteroatoms. The second kappa shape index (κ2) is 7.09. The van der Waals surface area contributed by atoms with E-state index >= 15 is 0 Å². The molecule has 120 valence electrons. The first-order valence-electron chi connectivity index (χ1n) is 7.82. The van der Waals surface area contributed by atoms with E-state index in [-0.39, 0.29) is 18.0 Å². The molecule has 0 saturated carbocycles. The van der Waals surface area contributed by atoms with E-state index in [1.807, 2.05) is 30.3 Å². The molecule has 24 heavy (non-hydrogen) atoms. The lowest BCUT2D eigenvalue weighted by Crippen LogP contribution is -2.01. The van der Waals surface area contributed by atoms with Gasteiger partial charge in [-0.05, 0) is 53.0 Å². The average Bonchev–Trinajstić information content (AvgIpc) is 3.37. The van der Waals surface area contributed by atoms with Crippen molar-refractivity contribution in [3.05, 3.63) is 76.9 Å². The highest BCUT2D eigenvalue weighted by Crippen LogP contribution is 2.28. The standard InChI is InChI=1S/C21H18O3/c1-24-21-4-2-3-15(12-21)6-9-19(22)14-20(23)10-7-16-5-8-17-13-18(17)11-16/h2-12H,13-14H2,1H3/b9-6+,10-7+. The SMILES string of the molecule is COc1cccc(/C=C/C(=O)CC(=O)/C=C/c2ccc3c(c2)C3)c1. The molecule has 0 unspecified atom stereocenters. The smallest absolute Gasteiger partial charge is 0.163 e. The maximum atomic E-state index is 11.9. The van der Waals surface area contributed by atoms with Gasteiger partial charge in [0.25, 0.3) is 0 Å². The largest absolute Gasteiger partial charge is 0.497 e. The van der Waals surface area contributed by atoms with Crippen LogP contribution in [0, 0.1) is 0 Å². The molecule has 0 atom stereocenters. The van der Waals surface area contributed by atoms with E-state index < -0.39 is 0 Å². The Kier molecular flexibility index (Phi) is 4.71. The lowest BCUT2D eigenvalue weighted by Gasteiger charge is -1.99. The van der Waals surface area contributed by atoms with E-state index in [1.54, 1.807) is 19.3 Å². The van der Waals surface area contributed by atoms with Gasteiger partial charge in [-0.2, -0.15) is 0 Å². The van der Waals surface area contributed by atoms with Crippen LogP contribution >= 0.6 is 0 Å². The third-order valence-electron chi connectivity index (χ3n) is 3.85. The van der Waals surface area contributed by atoms with Crippen LogP contribution in [0.3, 0.4) is 0 Å². The maximum absolute atomic E-state index is 11.9. The summed E-state index contributed by atoms with van der Waals surface area (Å²) in [5, 5.41) is 0. The van der Waals surface area contributed by atoms with Crippen LogP contribution < -0.4 is 4.74 Å². The quantitative estimate of drug-likeness (QED) is 0.491. The first kappa shape index (κ1) is 15.9. The van der Waals surface area contributed by atoms with Crippen molar-refractivity contribution in [1.82, 2.24) is 0 Å². The van der Waals surface area contributed by atoms with E-state index in [2.05, 4.69) is 12.1 Å². The highest BCUT2D eigenvalue weighted by Gasteiger charge is 2.15. The predicted octanol–water partition coefficient (Wildman–Crippen LogP) is 3.85. The molecular formula is C21H18O3. The summed E-state index contributed by atoms with van der Waals surface area (Å²) < 4.78 is 5.13. The van der Waals surface area contributed by atoms with Crippen LogP contribution in [0.2, 0.25) is 0 Å². The minimum Gasteiger partial charge on any atom is -0.497 e. The molecule has 0 radical (unpaired) electrons. The molecule has 3 nitrogen and oxygen atoms in total. The Bertz CT molecular complexity index is 844. The van der Waals surface area contributed by atoms with Crippen LogP contribution in [0.15, 0.2) is 54.6 Å². The van der Waals surface area contributed by atoms with Crippen molar-refractivity contribution < 1.29 is 14.3 Å². The number of methoxy groups -OCH3 is 1. The summed E-state index contributed by atoms with van der Waals surface area (Å²) >= 11 is 0. The van der Waals surface area contributed by atoms with Gasteiger partial charge in [0.2, 0.25) is 0 Å². The lowest BCUT2D eigenvalue weighted by atomic mass is 10.1. The summed E-state index contributed by atoms with van der Waals surface area (Å²) in [6.07, 6.45) is 7.29. The van der Waals surface area contributed by atoms with Gasteiger partial charge in [0.05, 0.1) is 13.5 Å². The highest BCUT2D eigenvalue weighted by molar-refractivity contribution is 6.10. The third-order valence-corrected chi connectivity index (χ3v) is 3.85. The van der Waals surface area contributed by atoms with Crippen molar-refractivity contribution in [3.8, 4) is 5.75 Å². The summed E-state index contributed by atoms with van der Waals surface area (Å²) in [7, 11) is 1.59. The molecule has 2 aromatic rings. The Labute approximate surface area is 141 Å². The molecule has 1 aliphatic rings. The molecule has 3 rings (SSSR count). The number of ether oxygens (including phenoxy) is 1. The number of allylic oxidation sites excluding steroid dienone is 2. The van der Waals surface area contributed by atoms with Gasteiger partial charge in [-0.25, -0.2) is 0 Å². The maximum Gasteiger partial charge on any atom is 0.163 e. The van der Waals surface area contributed by atoms with Gasteiger partial charge in [0.1, 0.15) is 5.75 Å². The molecule has 0 bridgehead atoms. The van der Waals surface area contributed by atoms with Gasteiger partial charge < -0.3 is 4.74 Å². The zero-order valence-electron chi connectivity index (χ0n) is 13.5. The monoisotopic (exact) mass is 318 g/mol. The molecule has 1 aliphatic carbocycles. The van der Waals surface area contributed by atoms with Crippen LogP contribution in [0.25, 0.3) is 12.2 Å². The van der Waals surface area contributed by atoms with E-state index in [4.69, 9.17) is 4.74 Å². The molecule has 0 spiro atoms. The molecule has 0 aliphatic heterocycles. The molecule has 0 N–H and O–H groups in total. The Balaban J connectivity index is 1.54. The molecule has 0 amide bonds. The summed E-state index contributed by atoms with van der Waals surface area (Å²) in [6.45, 7) is 0. The lowest BCUT2D eigenvalue weighted by molar-refractivity contribution is -0.121. The van der Waals surface area contributed by atoms with Gasteiger partial charge in [-0.3, -0.25) is 9.59 Å². The molecule has 0 aromatic heterocycles.